The van der Waals surface area contributed by atoms with Crippen LogP contribution in [0.5, 0.6) is 0 Å². The van der Waals surface area contributed by atoms with Crippen molar-refractivity contribution in [3.63, 3.8) is 0 Å². The first-order valence-corrected chi connectivity index (χ1v) is 10.7. The molecule has 0 spiro atoms. The zero-order valence-electron chi connectivity index (χ0n) is 15.2. The molecule has 8 heteroatoms. The van der Waals surface area contributed by atoms with Gasteiger partial charge in [-0.2, -0.15) is 0 Å². The molecule has 2 heterocycles. The van der Waals surface area contributed by atoms with Crippen LogP contribution in [0.2, 0.25) is 5.02 Å². The quantitative estimate of drug-likeness (QED) is 0.704. The molecule has 3 aromatic rings. The Hall–Kier alpha value is -2.35. The van der Waals surface area contributed by atoms with Crippen LogP contribution in [0.3, 0.4) is 0 Å². The number of furan rings is 1. The summed E-state index contributed by atoms with van der Waals surface area (Å²) in [6.07, 6.45) is 0.566. The van der Waals surface area contributed by atoms with Gasteiger partial charge in [-0.3, -0.25) is 4.79 Å². The fraction of sp³-hybridized carbons (Fsp3) is 0.250. The van der Waals surface area contributed by atoms with E-state index in [0.717, 1.165) is 11.3 Å². The van der Waals surface area contributed by atoms with Gasteiger partial charge in [-0.25, -0.2) is 8.42 Å². The third kappa shape index (κ3) is 3.19. The molecule has 0 saturated heterocycles. The molecule has 0 radical (unpaired) electrons. The summed E-state index contributed by atoms with van der Waals surface area (Å²) < 4.78 is 31.9. The third-order valence-corrected chi connectivity index (χ3v) is 6.94. The Kier molecular flexibility index (Phi) is 4.91. The van der Waals surface area contributed by atoms with Gasteiger partial charge in [0, 0.05) is 30.5 Å². The second-order valence-corrected chi connectivity index (χ2v) is 9.05. The van der Waals surface area contributed by atoms with Crippen LogP contribution < -0.4 is 5.32 Å². The third-order valence-electron chi connectivity index (χ3n) is 4.91. The predicted molar refractivity (Wildman–Crippen MR) is 106 cm³/mol. The van der Waals surface area contributed by atoms with Gasteiger partial charge in [-0.1, -0.05) is 29.8 Å². The molecule has 0 aliphatic carbocycles. The minimum atomic E-state index is -3.71. The summed E-state index contributed by atoms with van der Waals surface area (Å²) in [4.78, 5) is 14.3. The van der Waals surface area contributed by atoms with E-state index >= 15 is 0 Å². The topological polar surface area (TPSA) is 79.6 Å². The Labute approximate surface area is 168 Å². The lowest BCUT2D eigenvalue weighted by atomic mass is 10.0. The molecule has 0 unspecified atom stereocenters. The summed E-state index contributed by atoms with van der Waals surface area (Å²) in [6, 6.07) is 11.2. The Balaban J connectivity index is 1.81. The van der Waals surface area contributed by atoms with Crippen molar-refractivity contribution in [3.8, 4) is 0 Å². The van der Waals surface area contributed by atoms with Crippen LogP contribution in [0, 0.1) is 0 Å². The van der Waals surface area contributed by atoms with Crippen LogP contribution in [-0.2, 0) is 27.6 Å². The van der Waals surface area contributed by atoms with E-state index in [1.54, 1.807) is 48.3 Å². The highest BCUT2D eigenvalue weighted by Gasteiger charge is 2.28. The first-order valence-electron chi connectivity index (χ1n) is 8.88. The molecule has 28 heavy (non-hydrogen) atoms. The largest absolute Gasteiger partial charge is 0.459 e. The number of sulfone groups is 1. The number of hydrogen-bond acceptors (Lipinski definition) is 5. The first-order chi connectivity index (χ1) is 13.4. The molecule has 1 N–H and O–H groups in total. The molecule has 1 aliphatic rings. The number of amides is 1. The van der Waals surface area contributed by atoms with E-state index in [9.17, 15) is 13.2 Å². The molecule has 4 rings (SSSR count). The van der Waals surface area contributed by atoms with E-state index in [-0.39, 0.29) is 27.3 Å². The van der Waals surface area contributed by atoms with E-state index < -0.39 is 9.84 Å². The molecule has 6 nitrogen and oxygen atoms in total. The van der Waals surface area contributed by atoms with Crippen molar-refractivity contribution in [1.82, 2.24) is 10.2 Å². The van der Waals surface area contributed by atoms with Crippen LogP contribution in [0.15, 0.2) is 56.7 Å². The summed E-state index contributed by atoms with van der Waals surface area (Å²) in [7, 11) is -1.99. The van der Waals surface area contributed by atoms with E-state index in [0.29, 0.717) is 30.5 Å². The SMILES string of the molecule is CNCC(=O)N1CCc2oc3c(Cl)cc(S(=O)(=O)c4ccccc4)cc3c2C1. The fourth-order valence-corrected chi connectivity index (χ4v) is 5.14. The highest BCUT2D eigenvalue weighted by molar-refractivity contribution is 7.91. The summed E-state index contributed by atoms with van der Waals surface area (Å²) in [6.45, 7) is 1.17. The average Bonchev–Trinajstić information content (AvgIpc) is 3.07. The summed E-state index contributed by atoms with van der Waals surface area (Å²) in [5.74, 6) is 0.737. The minimum Gasteiger partial charge on any atom is -0.459 e. The van der Waals surface area contributed by atoms with Crippen LogP contribution in [0.25, 0.3) is 11.0 Å². The molecule has 0 saturated carbocycles. The van der Waals surface area contributed by atoms with Gasteiger partial charge in [0.1, 0.15) is 5.76 Å². The molecular formula is C20H19ClN2O4S. The number of fused-ring (bicyclic) bond motifs is 3. The van der Waals surface area contributed by atoms with Crippen LogP contribution in [0.4, 0.5) is 0 Å². The monoisotopic (exact) mass is 418 g/mol. The molecule has 0 bridgehead atoms. The van der Waals surface area contributed by atoms with Crippen molar-refractivity contribution in [1.29, 1.82) is 0 Å². The van der Waals surface area contributed by atoms with E-state index in [2.05, 4.69) is 5.32 Å². The molecule has 1 aromatic heterocycles. The smallest absolute Gasteiger partial charge is 0.236 e. The van der Waals surface area contributed by atoms with Crippen LogP contribution in [-0.4, -0.2) is 39.4 Å². The van der Waals surface area contributed by atoms with Crippen molar-refractivity contribution in [2.45, 2.75) is 22.8 Å². The van der Waals surface area contributed by atoms with Gasteiger partial charge in [0.15, 0.2) is 5.58 Å². The van der Waals surface area contributed by atoms with Crippen LogP contribution >= 0.6 is 11.6 Å². The molecular weight excluding hydrogens is 400 g/mol. The van der Waals surface area contributed by atoms with Crippen molar-refractivity contribution in [3.05, 3.63) is 58.8 Å². The maximum Gasteiger partial charge on any atom is 0.236 e. The van der Waals surface area contributed by atoms with Gasteiger partial charge in [-0.15, -0.1) is 0 Å². The van der Waals surface area contributed by atoms with Gasteiger partial charge >= 0.3 is 0 Å². The van der Waals surface area contributed by atoms with Crippen molar-refractivity contribution >= 4 is 38.3 Å². The van der Waals surface area contributed by atoms with Gasteiger partial charge in [-0.05, 0) is 31.3 Å². The second-order valence-electron chi connectivity index (χ2n) is 6.70. The summed E-state index contributed by atoms with van der Waals surface area (Å²) >= 11 is 6.38. The number of carbonyl (C=O) groups is 1. The Morgan fingerprint density at radius 2 is 1.96 bits per heavy atom. The van der Waals surface area contributed by atoms with Gasteiger partial charge in [0.2, 0.25) is 15.7 Å². The van der Waals surface area contributed by atoms with Gasteiger partial charge in [0.05, 0.1) is 21.4 Å². The summed E-state index contributed by atoms with van der Waals surface area (Å²) in [5, 5.41) is 3.74. The van der Waals surface area contributed by atoms with Crippen molar-refractivity contribution < 1.29 is 17.6 Å². The van der Waals surface area contributed by atoms with Crippen molar-refractivity contribution in [2.24, 2.45) is 0 Å². The van der Waals surface area contributed by atoms with E-state index in [1.165, 1.54) is 6.07 Å². The Morgan fingerprint density at radius 1 is 1.21 bits per heavy atom. The Bertz CT molecular complexity index is 1160. The second kappa shape index (κ2) is 7.24. The normalized spacial score (nSPS) is 14.3. The summed E-state index contributed by atoms with van der Waals surface area (Å²) in [5.41, 5.74) is 1.28. The number of hydrogen-bond donors (Lipinski definition) is 1. The van der Waals surface area contributed by atoms with Gasteiger partial charge in [0.25, 0.3) is 0 Å². The molecule has 1 amide bonds. The maximum atomic E-state index is 13.0. The zero-order valence-corrected chi connectivity index (χ0v) is 16.8. The minimum absolute atomic E-state index is 0.0124. The highest BCUT2D eigenvalue weighted by Crippen LogP contribution is 2.37. The zero-order chi connectivity index (χ0) is 19.9. The lowest BCUT2D eigenvalue weighted by molar-refractivity contribution is -0.131. The van der Waals surface area contributed by atoms with Gasteiger partial charge < -0.3 is 14.6 Å². The molecule has 0 atom stereocenters. The number of benzene rings is 2. The fourth-order valence-electron chi connectivity index (χ4n) is 3.48. The highest BCUT2D eigenvalue weighted by atomic mass is 35.5. The number of rotatable bonds is 4. The molecule has 2 aromatic carbocycles. The van der Waals surface area contributed by atoms with E-state index in [4.69, 9.17) is 16.0 Å². The van der Waals surface area contributed by atoms with Crippen molar-refractivity contribution in [2.75, 3.05) is 20.1 Å². The predicted octanol–water partition coefficient (Wildman–Crippen LogP) is 3.02. The standard InChI is InChI=1S/C20H19ClN2O4S/c1-22-11-19(24)23-8-7-18-16(12-23)15-9-14(10-17(21)20(15)27-18)28(25,26)13-5-3-2-4-6-13/h2-6,9-10,22H,7-8,11-12H2,1H3. The number of carbonyl (C=O) groups excluding carboxylic acids is 1. The number of nitrogens with one attached hydrogen (secondary N) is 1. The molecule has 0 fully saturated rings. The lowest BCUT2D eigenvalue weighted by Crippen LogP contribution is -2.40. The number of likely N-dealkylation sites (N-methyl/N-ethyl adjacent to an activating group) is 1. The maximum absolute atomic E-state index is 13.0. The van der Waals surface area contributed by atoms with Crippen LogP contribution in [0.1, 0.15) is 11.3 Å². The molecule has 146 valence electrons. The Morgan fingerprint density at radius 3 is 2.68 bits per heavy atom. The molecule has 1 aliphatic heterocycles. The number of halogens is 1. The van der Waals surface area contributed by atoms with E-state index in [1.807, 2.05) is 0 Å². The lowest BCUT2D eigenvalue weighted by Gasteiger charge is -2.26. The number of nitrogens with zero attached hydrogens (tertiary/aromatic N) is 1. The average molecular weight is 419 g/mol. The first kappa shape index (κ1) is 19.0.